The maximum absolute atomic E-state index is 10.5. The molecule has 0 aromatic carbocycles. The van der Waals surface area contributed by atoms with Gasteiger partial charge < -0.3 is 15.8 Å². The van der Waals surface area contributed by atoms with Crippen LogP contribution in [-0.4, -0.2) is 27.2 Å². The van der Waals surface area contributed by atoms with Crippen molar-refractivity contribution in [2.24, 2.45) is 5.84 Å². The van der Waals surface area contributed by atoms with Crippen LogP contribution in [0.4, 0.5) is 11.6 Å². The molecule has 20 heavy (non-hydrogen) atoms. The Hall–Kier alpha value is -1.40. The number of nitrogens with zero attached hydrogens (tertiary/aromatic N) is 2. The molecule has 0 amide bonds. The van der Waals surface area contributed by atoms with Gasteiger partial charge in [0.2, 0.25) is 0 Å². The summed E-state index contributed by atoms with van der Waals surface area (Å²) in [6.45, 7) is 2.64. The predicted octanol–water partition coefficient (Wildman–Crippen LogP) is 1.82. The van der Waals surface area contributed by atoms with Crippen LogP contribution in [0.2, 0.25) is 0 Å². The number of nitrogen functional groups attached to an aromatic ring is 1. The van der Waals surface area contributed by atoms with Crippen molar-refractivity contribution in [2.45, 2.75) is 57.5 Å². The van der Waals surface area contributed by atoms with Gasteiger partial charge in [-0.05, 0) is 19.3 Å². The first kappa shape index (κ1) is 15.0. The molecular formula is C14H25N5O. The van der Waals surface area contributed by atoms with Gasteiger partial charge in [0.25, 0.3) is 0 Å². The Balaban J connectivity index is 2.08. The molecule has 1 aromatic heterocycles. The fraction of sp³-hybridized carbons (Fsp3) is 0.714. The Morgan fingerprint density at radius 2 is 1.95 bits per heavy atom. The number of nitrogens with one attached hydrogen (secondary N) is 2. The van der Waals surface area contributed by atoms with Crippen LogP contribution in [0.5, 0.6) is 0 Å². The summed E-state index contributed by atoms with van der Waals surface area (Å²) in [6, 6.07) is 0. The monoisotopic (exact) mass is 279 g/mol. The van der Waals surface area contributed by atoms with E-state index >= 15 is 0 Å². The van der Waals surface area contributed by atoms with E-state index in [2.05, 4.69) is 27.6 Å². The lowest BCUT2D eigenvalue weighted by molar-refractivity contribution is 0.0166. The molecule has 0 atom stereocenters. The van der Waals surface area contributed by atoms with Gasteiger partial charge in [0.15, 0.2) is 0 Å². The third-order valence-corrected chi connectivity index (χ3v) is 3.95. The van der Waals surface area contributed by atoms with Crippen LogP contribution in [0.25, 0.3) is 0 Å². The molecule has 112 valence electrons. The van der Waals surface area contributed by atoms with Crippen molar-refractivity contribution in [3.05, 3.63) is 11.9 Å². The van der Waals surface area contributed by atoms with Gasteiger partial charge in [-0.15, -0.1) is 0 Å². The van der Waals surface area contributed by atoms with Crippen molar-refractivity contribution in [3.63, 3.8) is 0 Å². The molecule has 0 saturated heterocycles. The number of anilines is 2. The predicted molar refractivity (Wildman–Crippen MR) is 80.4 cm³/mol. The SMILES string of the molecule is CCCc1c(NN)ncnc1NCC1(O)CCCCC1. The molecule has 5 N–H and O–H groups in total. The highest BCUT2D eigenvalue weighted by Crippen LogP contribution is 2.29. The maximum atomic E-state index is 10.5. The van der Waals surface area contributed by atoms with Gasteiger partial charge in [0, 0.05) is 12.1 Å². The zero-order chi connectivity index (χ0) is 14.4. The second kappa shape index (κ2) is 6.85. The van der Waals surface area contributed by atoms with E-state index in [1.165, 1.54) is 12.7 Å². The van der Waals surface area contributed by atoms with Gasteiger partial charge in [-0.1, -0.05) is 32.6 Å². The van der Waals surface area contributed by atoms with Gasteiger partial charge in [0.05, 0.1) is 5.60 Å². The van der Waals surface area contributed by atoms with Crippen molar-refractivity contribution < 1.29 is 5.11 Å². The lowest BCUT2D eigenvalue weighted by atomic mass is 9.85. The lowest BCUT2D eigenvalue weighted by Crippen LogP contribution is -2.39. The summed E-state index contributed by atoms with van der Waals surface area (Å²) in [6.07, 6.45) is 8.45. The van der Waals surface area contributed by atoms with Crippen LogP contribution >= 0.6 is 0 Å². The fourth-order valence-corrected chi connectivity index (χ4v) is 2.81. The van der Waals surface area contributed by atoms with E-state index in [0.29, 0.717) is 12.4 Å². The molecule has 1 aliphatic carbocycles. The average molecular weight is 279 g/mol. The number of hydrogen-bond donors (Lipinski definition) is 4. The molecule has 0 bridgehead atoms. The van der Waals surface area contributed by atoms with Crippen molar-refractivity contribution in [1.29, 1.82) is 0 Å². The molecule has 0 unspecified atom stereocenters. The number of aliphatic hydroxyl groups is 1. The molecule has 1 saturated carbocycles. The van der Waals surface area contributed by atoms with Crippen LogP contribution in [0.3, 0.4) is 0 Å². The van der Waals surface area contributed by atoms with E-state index in [0.717, 1.165) is 49.9 Å². The first-order valence-corrected chi connectivity index (χ1v) is 7.45. The van der Waals surface area contributed by atoms with Crippen LogP contribution in [0.1, 0.15) is 51.0 Å². The van der Waals surface area contributed by atoms with E-state index in [4.69, 9.17) is 5.84 Å². The zero-order valence-corrected chi connectivity index (χ0v) is 12.2. The lowest BCUT2D eigenvalue weighted by Gasteiger charge is -2.32. The molecule has 0 aliphatic heterocycles. The number of hydrogen-bond acceptors (Lipinski definition) is 6. The molecule has 6 heteroatoms. The minimum atomic E-state index is -0.608. The maximum Gasteiger partial charge on any atom is 0.148 e. The van der Waals surface area contributed by atoms with E-state index in [1.807, 2.05) is 0 Å². The minimum absolute atomic E-state index is 0.532. The fourth-order valence-electron chi connectivity index (χ4n) is 2.81. The number of hydrazine groups is 1. The van der Waals surface area contributed by atoms with Crippen LogP contribution in [-0.2, 0) is 6.42 Å². The number of nitrogens with two attached hydrogens (primary N) is 1. The Kier molecular flexibility index (Phi) is 5.14. The molecule has 1 aliphatic rings. The molecule has 1 heterocycles. The van der Waals surface area contributed by atoms with E-state index in [9.17, 15) is 5.11 Å². The summed E-state index contributed by atoms with van der Waals surface area (Å²) in [5, 5.41) is 13.8. The summed E-state index contributed by atoms with van der Waals surface area (Å²) in [7, 11) is 0. The van der Waals surface area contributed by atoms with E-state index in [1.54, 1.807) is 0 Å². The van der Waals surface area contributed by atoms with Gasteiger partial charge >= 0.3 is 0 Å². The summed E-state index contributed by atoms with van der Waals surface area (Å²) in [4.78, 5) is 8.43. The smallest absolute Gasteiger partial charge is 0.148 e. The first-order valence-electron chi connectivity index (χ1n) is 7.45. The Morgan fingerprint density at radius 3 is 2.60 bits per heavy atom. The normalized spacial score (nSPS) is 17.8. The van der Waals surface area contributed by atoms with Crippen LogP contribution in [0.15, 0.2) is 6.33 Å². The third-order valence-electron chi connectivity index (χ3n) is 3.95. The molecule has 0 spiro atoms. The molecular weight excluding hydrogens is 254 g/mol. The van der Waals surface area contributed by atoms with Crippen molar-refractivity contribution in [1.82, 2.24) is 9.97 Å². The number of aromatic nitrogens is 2. The van der Waals surface area contributed by atoms with Crippen molar-refractivity contribution in [2.75, 3.05) is 17.3 Å². The summed E-state index contributed by atoms with van der Waals surface area (Å²) < 4.78 is 0. The van der Waals surface area contributed by atoms with Gasteiger partial charge in [-0.2, -0.15) is 0 Å². The molecule has 6 nitrogen and oxygen atoms in total. The Morgan fingerprint density at radius 1 is 1.25 bits per heavy atom. The third kappa shape index (κ3) is 3.58. The Bertz CT molecular complexity index is 432. The molecule has 1 fully saturated rings. The van der Waals surface area contributed by atoms with Gasteiger partial charge in [-0.25, -0.2) is 15.8 Å². The largest absolute Gasteiger partial charge is 0.388 e. The highest BCUT2D eigenvalue weighted by molar-refractivity contribution is 5.57. The topological polar surface area (TPSA) is 96.1 Å². The second-order valence-electron chi connectivity index (χ2n) is 5.58. The van der Waals surface area contributed by atoms with E-state index < -0.39 is 5.60 Å². The molecule has 1 aromatic rings. The average Bonchev–Trinajstić information content (AvgIpc) is 2.47. The summed E-state index contributed by atoms with van der Waals surface area (Å²) in [5.74, 6) is 6.92. The highest BCUT2D eigenvalue weighted by Gasteiger charge is 2.29. The quantitative estimate of drug-likeness (QED) is 0.468. The van der Waals surface area contributed by atoms with Crippen molar-refractivity contribution in [3.8, 4) is 0 Å². The Labute approximate surface area is 120 Å². The summed E-state index contributed by atoms with van der Waals surface area (Å²) >= 11 is 0. The van der Waals surface area contributed by atoms with E-state index in [-0.39, 0.29) is 0 Å². The minimum Gasteiger partial charge on any atom is -0.388 e. The van der Waals surface area contributed by atoms with Gasteiger partial charge in [-0.3, -0.25) is 0 Å². The molecule has 0 radical (unpaired) electrons. The summed E-state index contributed by atoms with van der Waals surface area (Å²) in [5.41, 5.74) is 2.99. The van der Waals surface area contributed by atoms with Crippen molar-refractivity contribution >= 4 is 11.6 Å². The van der Waals surface area contributed by atoms with Gasteiger partial charge in [0.1, 0.15) is 18.0 Å². The standard InChI is InChI=1S/C14H25N5O/c1-2-6-11-12(17-10-18-13(11)19-15)16-9-14(20)7-4-3-5-8-14/h10,20H,2-9,15H2,1H3,(H2,16,17,18,19). The second-order valence-corrected chi connectivity index (χ2v) is 5.58. The molecule has 2 rings (SSSR count). The number of rotatable bonds is 6. The zero-order valence-electron chi connectivity index (χ0n) is 12.2. The van der Waals surface area contributed by atoms with Crippen LogP contribution < -0.4 is 16.6 Å². The van der Waals surface area contributed by atoms with Crippen LogP contribution in [0, 0.1) is 0 Å². The highest BCUT2D eigenvalue weighted by atomic mass is 16.3. The first-order chi connectivity index (χ1) is 9.68.